The minimum absolute atomic E-state index is 0.197. The van der Waals surface area contributed by atoms with Crippen LogP contribution in [0.15, 0.2) is 0 Å². The fourth-order valence-corrected chi connectivity index (χ4v) is 1.06. The van der Waals surface area contributed by atoms with Gasteiger partial charge in [-0.1, -0.05) is 0 Å². The first-order valence-electron chi connectivity index (χ1n) is 4.28. The van der Waals surface area contributed by atoms with Crippen LogP contribution in [0.4, 0.5) is 13.2 Å². The molecule has 4 nitrogen and oxygen atoms in total. The van der Waals surface area contributed by atoms with Gasteiger partial charge in [0.15, 0.2) is 0 Å². The van der Waals surface area contributed by atoms with Crippen LogP contribution in [0.2, 0.25) is 0 Å². The number of rotatable bonds is 4. The predicted molar refractivity (Wildman–Crippen MR) is 42.0 cm³/mol. The number of ether oxygens (including phenoxy) is 2. The van der Waals surface area contributed by atoms with E-state index < -0.39 is 24.0 Å². The molecule has 1 saturated heterocycles. The maximum Gasteiger partial charge on any atom is 0.399 e. The van der Waals surface area contributed by atoms with Gasteiger partial charge in [0.2, 0.25) is 0 Å². The van der Waals surface area contributed by atoms with Crippen molar-refractivity contribution in [3.8, 4) is 0 Å². The Hall–Kier alpha value is -0.820. The zero-order valence-corrected chi connectivity index (χ0v) is 7.84. The van der Waals surface area contributed by atoms with E-state index in [1.54, 1.807) is 0 Å². The first-order chi connectivity index (χ1) is 6.87. The molecule has 0 radical (unpaired) electrons. The molecular weight excluding hydrogens is 217 g/mol. The van der Waals surface area contributed by atoms with Gasteiger partial charge in [-0.05, 0) is 0 Å². The second kappa shape index (κ2) is 4.36. The summed E-state index contributed by atoms with van der Waals surface area (Å²) in [6, 6.07) is 0. The van der Waals surface area contributed by atoms with Crippen molar-refractivity contribution in [2.45, 2.75) is 12.6 Å². The van der Waals surface area contributed by atoms with Crippen LogP contribution in [0.25, 0.3) is 0 Å². The summed E-state index contributed by atoms with van der Waals surface area (Å²) in [5.74, 6) is -1.33. The van der Waals surface area contributed by atoms with Crippen molar-refractivity contribution in [1.29, 1.82) is 0 Å². The zero-order chi connectivity index (χ0) is 11.5. The lowest BCUT2D eigenvalue weighted by molar-refractivity contribution is -0.192. The largest absolute Gasteiger partial charge is 0.465 e. The van der Waals surface area contributed by atoms with E-state index in [1.807, 2.05) is 0 Å². The van der Waals surface area contributed by atoms with Crippen LogP contribution in [0, 0.1) is 5.41 Å². The Morgan fingerprint density at radius 1 is 1.47 bits per heavy atom. The van der Waals surface area contributed by atoms with Crippen LogP contribution in [0.3, 0.4) is 0 Å². The molecule has 1 aliphatic heterocycles. The van der Waals surface area contributed by atoms with E-state index in [0.717, 1.165) is 0 Å². The van der Waals surface area contributed by atoms with Crippen molar-refractivity contribution in [2.24, 2.45) is 5.41 Å². The molecule has 0 amide bonds. The lowest BCUT2D eigenvalue weighted by Gasteiger charge is -2.38. The van der Waals surface area contributed by atoms with E-state index in [4.69, 9.17) is 9.84 Å². The number of esters is 1. The lowest BCUT2D eigenvalue weighted by Crippen LogP contribution is -2.49. The molecule has 0 bridgehead atoms. The zero-order valence-electron chi connectivity index (χ0n) is 7.84. The van der Waals surface area contributed by atoms with Gasteiger partial charge in [0.25, 0.3) is 0 Å². The first-order valence-corrected chi connectivity index (χ1v) is 4.28. The fourth-order valence-electron chi connectivity index (χ4n) is 1.06. The Labute approximate surface area is 84.0 Å². The molecule has 0 saturated carbocycles. The van der Waals surface area contributed by atoms with Gasteiger partial charge < -0.3 is 14.6 Å². The van der Waals surface area contributed by atoms with Gasteiger partial charge in [0.1, 0.15) is 13.0 Å². The van der Waals surface area contributed by atoms with Gasteiger partial charge >= 0.3 is 12.1 Å². The molecule has 0 atom stereocenters. The highest BCUT2D eigenvalue weighted by atomic mass is 19.4. The summed E-state index contributed by atoms with van der Waals surface area (Å²) in [6.07, 6.45) is -6.16. The minimum Gasteiger partial charge on any atom is -0.465 e. The summed E-state index contributed by atoms with van der Waals surface area (Å²) in [4.78, 5) is 10.7. The third kappa shape index (κ3) is 3.67. The number of halogens is 3. The summed E-state index contributed by atoms with van der Waals surface area (Å²) in [6.45, 7) is -0.115. The lowest BCUT2D eigenvalue weighted by atomic mass is 9.88. The smallest absolute Gasteiger partial charge is 0.399 e. The van der Waals surface area contributed by atoms with Crippen molar-refractivity contribution in [2.75, 3.05) is 26.4 Å². The van der Waals surface area contributed by atoms with Gasteiger partial charge in [-0.3, -0.25) is 4.79 Å². The van der Waals surface area contributed by atoms with Crippen LogP contribution < -0.4 is 0 Å². The average Bonchev–Trinajstić information content (AvgIpc) is 1.99. The van der Waals surface area contributed by atoms with E-state index in [1.165, 1.54) is 0 Å². The summed E-state index contributed by atoms with van der Waals surface area (Å²) in [5, 5.41) is 8.89. The fraction of sp³-hybridized carbons (Fsp3) is 0.875. The molecule has 88 valence electrons. The third-order valence-corrected chi connectivity index (χ3v) is 2.04. The van der Waals surface area contributed by atoms with Crippen molar-refractivity contribution < 1.29 is 32.5 Å². The van der Waals surface area contributed by atoms with E-state index >= 15 is 0 Å². The Morgan fingerprint density at radius 2 is 2.07 bits per heavy atom. The van der Waals surface area contributed by atoms with Crippen LogP contribution in [-0.2, 0) is 14.3 Å². The number of carbonyl (C=O) groups is 1. The number of aliphatic hydroxyl groups is 1. The molecule has 0 aromatic heterocycles. The second-order valence-electron chi connectivity index (χ2n) is 3.60. The number of carbonyl (C=O) groups excluding carboxylic acids is 1. The molecule has 0 aromatic rings. The Bertz CT molecular complexity index is 229. The highest BCUT2D eigenvalue weighted by molar-refractivity contribution is 5.70. The van der Waals surface area contributed by atoms with E-state index in [0.29, 0.717) is 0 Å². The van der Waals surface area contributed by atoms with Gasteiger partial charge in [0.05, 0.1) is 25.2 Å². The van der Waals surface area contributed by atoms with Crippen LogP contribution >= 0.6 is 0 Å². The molecule has 7 heteroatoms. The molecule has 1 fully saturated rings. The molecular formula is C8H11F3O4. The number of hydrogen-bond acceptors (Lipinski definition) is 4. The number of aliphatic hydroxyl groups excluding tert-OH is 1. The van der Waals surface area contributed by atoms with E-state index in [-0.39, 0.29) is 26.4 Å². The molecule has 1 heterocycles. The summed E-state index contributed by atoms with van der Waals surface area (Å²) >= 11 is 0. The molecule has 0 aromatic carbocycles. The molecule has 15 heavy (non-hydrogen) atoms. The van der Waals surface area contributed by atoms with Gasteiger partial charge in [-0.25, -0.2) is 0 Å². The monoisotopic (exact) mass is 228 g/mol. The standard InChI is InChI=1S/C8H11F3O4/c9-8(10,11)1-6(13)15-5-7(2-12)3-14-4-7/h12H,1-5H2. The first kappa shape index (κ1) is 12.3. The van der Waals surface area contributed by atoms with Crippen molar-refractivity contribution in [1.82, 2.24) is 0 Å². The SMILES string of the molecule is O=C(CC(F)(F)F)OCC1(CO)COC1. The number of alkyl halides is 3. The summed E-state index contributed by atoms with van der Waals surface area (Å²) in [7, 11) is 0. The third-order valence-electron chi connectivity index (χ3n) is 2.04. The Morgan fingerprint density at radius 3 is 2.40 bits per heavy atom. The molecule has 1 rings (SSSR count). The van der Waals surface area contributed by atoms with E-state index in [2.05, 4.69) is 4.74 Å². The van der Waals surface area contributed by atoms with Crippen LogP contribution in [-0.4, -0.2) is 43.7 Å². The van der Waals surface area contributed by atoms with Gasteiger partial charge in [0, 0.05) is 0 Å². The highest BCUT2D eigenvalue weighted by Gasteiger charge is 2.40. The maximum atomic E-state index is 11.7. The Kier molecular flexibility index (Phi) is 3.56. The minimum atomic E-state index is -4.56. The molecule has 0 unspecified atom stereocenters. The van der Waals surface area contributed by atoms with Gasteiger partial charge in [-0.15, -0.1) is 0 Å². The van der Waals surface area contributed by atoms with Crippen LogP contribution in [0.5, 0.6) is 0 Å². The van der Waals surface area contributed by atoms with Crippen molar-refractivity contribution >= 4 is 5.97 Å². The summed E-state index contributed by atoms with van der Waals surface area (Å²) in [5.41, 5.74) is -0.707. The topological polar surface area (TPSA) is 55.8 Å². The average molecular weight is 228 g/mol. The molecule has 0 aliphatic carbocycles. The van der Waals surface area contributed by atoms with E-state index in [9.17, 15) is 18.0 Å². The highest BCUT2D eigenvalue weighted by Crippen LogP contribution is 2.28. The van der Waals surface area contributed by atoms with Gasteiger partial charge in [-0.2, -0.15) is 13.2 Å². The Balaban J connectivity index is 2.27. The van der Waals surface area contributed by atoms with Crippen LogP contribution in [0.1, 0.15) is 6.42 Å². The number of hydrogen-bond donors (Lipinski definition) is 1. The predicted octanol–water partition coefficient (Wildman–Crippen LogP) is 0.491. The van der Waals surface area contributed by atoms with Crippen molar-refractivity contribution in [3.63, 3.8) is 0 Å². The summed E-state index contributed by atoms with van der Waals surface area (Å²) < 4.78 is 44.4. The molecule has 1 aliphatic rings. The maximum absolute atomic E-state index is 11.7. The van der Waals surface area contributed by atoms with Crippen molar-refractivity contribution in [3.05, 3.63) is 0 Å². The molecule has 1 N–H and O–H groups in total. The quantitative estimate of drug-likeness (QED) is 0.711. The molecule has 0 spiro atoms. The second-order valence-corrected chi connectivity index (χ2v) is 3.60. The normalized spacial score (nSPS) is 19.5.